The molecule has 152 valence electrons. The van der Waals surface area contributed by atoms with Gasteiger partial charge < -0.3 is 4.57 Å². The average molecular weight is 397 g/mol. The molecule has 2 heterocycles. The van der Waals surface area contributed by atoms with Crippen LogP contribution in [0.4, 0.5) is 0 Å². The molecule has 3 nitrogen and oxygen atoms in total. The number of hydrogen-bond acceptors (Lipinski definition) is 2. The first-order valence-electron chi connectivity index (χ1n) is 10.9. The molecule has 0 unspecified atom stereocenters. The quantitative estimate of drug-likeness (QED) is 0.383. The molecule has 0 radical (unpaired) electrons. The van der Waals surface area contributed by atoms with Gasteiger partial charge in [-0.25, -0.2) is 0 Å². The number of aryl methyl sites for hydroxylation is 1. The molecular formula is C27H28N2O. The molecule has 0 spiro atoms. The van der Waals surface area contributed by atoms with Crippen molar-refractivity contribution in [2.45, 2.75) is 46.1 Å². The molecule has 4 aromatic rings. The minimum atomic E-state index is 0.0819. The molecule has 0 aliphatic heterocycles. The van der Waals surface area contributed by atoms with Crippen LogP contribution < -0.4 is 5.56 Å². The molecule has 3 heteroatoms. The van der Waals surface area contributed by atoms with Gasteiger partial charge >= 0.3 is 0 Å². The van der Waals surface area contributed by atoms with Gasteiger partial charge in [-0.3, -0.25) is 9.78 Å². The zero-order valence-corrected chi connectivity index (χ0v) is 17.8. The van der Waals surface area contributed by atoms with Gasteiger partial charge in [-0.15, -0.1) is 0 Å². The zero-order chi connectivity index (χ0) is 20.9. The molecule has 0 aliphatic rings. The predicted molar refractivity (Wildman–Crippen MR) is 125 cm³/mol. The highest BCUT2D eigenvalue weighted by molar-refractivity contribution is 5.98. The number of aromatic nitrogens is 2. The van der Waals surface area contributed by atoms with E-state index in [1.54, 1.807) is 6.20 Å². The summed E-state index contributed by atoms with van der Waals surface area (Å²) in [4.78, 5) is 18.4. The smallest absolute Gasteiger partial charge is 0.259 e. The first-order chi connectivity index (χ1) is 14.7. The third-order valence-corrected chi connectivity index (χ3v) is 5.64. The number of nitrogens with zero attached hydrogens (tertiary/aromatic N) is 2. The fourth-order valence-electron chi connectivity index (χ4n) is 4.34. The third kappa shape index (κ3) is 3.80. The topological polar surface area (TPSA) is 34.9 Å². The Kier molecular flexibility index (Phi) is 6.08. The van der Waals surface area contributed by atoms with Crippen molar-refractivity contribution in [2.24, 2.45) is 0 Å². The van der Waals surface area contributed by atoms with Crippen molar-refractivity contribution in [3.05, 3.63) is 100 Å². The highest BCUT2D eigenvalue weighted by atomic mass is 16.1. The van der Waals surface area contributed by atoms with Gasteiger partial charge in [0.2, 0.25) is 0 Å². The summed E-state index contributed by atoms with van der Waals surface area (Å²) in [6.07, 6.45) is 5.70. The van der Waals surface area contributed by atoms with Crippen LogP contribution in [0.2, 0.25) is 0 Å². The van der Waals surface area contributed by atoms with E-state index in [9.17, 15) is 4.79 Å². The van der Waals surface area contributed by atoms with E-state index in [0.29, 0.717) is 6.54 Å². The summed E-state index contributed by atoms with van der Waals surface area (Å²) in [5.41, 5.74) is 5.55. The summed E-state index contributed by atoms with van der Waals surface area (Å²) in [5, 5.41) is 1.92. The Bertz CT molecular complexity index is 1190. The van der Waals surface area contributed by atoms with Crippen molar-refractivity contribution in [3.8, 4) is 11.1 Å². The summed E-state index contributed by atoms with van der Waals surface area (Å²) in [6.45, 7) is 4.89. The van der Waals surface area contributed by atoms with Crippen molar-refractivity contribution >= 4 is 10.8 Å². The first kappa shape index (κ1) is 20.1. The summed E-state index contributed by atoms with van der Waals surface area (Å²) in [7, 11) is 0. The lowest BCUT2D eigenvalue weighted by molar-refractivity contribution is 0.668. The van der Waals surface area contributed by atoms with E-state index < -0.39 is 0 Å². The minimum absolute atomic E-state index is 0.0819. The van der Waals surface area contributed by atoms with E-state index in [0.717, 1.165) is 59.0 Å². The molecule has 0 saturated heterocycles. The normalized spacial score (nSPS) is 11.1. The Morgan fingerprint density at radius 2 is 1.60 bits per heavy atom. The van der Waals surface area contributed by atoms with E-state index in [1.165, 1.54) is 5.56 Å². The van der Waals surface area contributed by atoms with Crippen molar-refractivity contribution in [1.29, 1.82) is 0 Å². The molecule has 0 saturated carbocycles. The first-order valence-corrected chi connectivity index (χ1v) is 10.9. The Morgan fingerprint density at radius 3 is 2.30 bits per heavy atom. The maximum absolute atomic E-state index is 13.9. The molecule has 30 heavy (non-hydrogen) atoms. The molecule has 2 aromatic carbocycles. The number of benzene rings is 2. The highest BCUT2D eigenvalue weighted by Crippen LogP contribution is 2.31. The van der Waals surface area contributed by atoms with E-state index in [4.69, 9.17) is 0 Å². The van der Waals surface area contributed by atoms with Gasteiger partial charge in [-0.05, 0) is 47.1 Å². The van der Waals surface area contributed by atoms with Crippen molar-refractivity contribution in [2.75, 3.05) is 0 Å². The van der Waals surface area contributed by atoms with E-state index >= 15 is 0 Å². The van der Waals surface area contributed by atoms with Gasteiger partial charge in [-0.2, -0.15) is 0 Å². The lowest BCUT2D eigenvalue weighted by Crippen LogP contribution is -2.27. The van der Waals surface area contributed by atoms with Gasteiger partial charge in [0.15, 0.2) is 0 Å². The van der Waals surface area contributed by atoms with Crippen LogP contribution in [0.1, 0.15) is 43.6 Å². The number of fused-ring (bicyclic) bond motifs is 1. The van der Waals surface area contributed by atoms with Crippen molar-refractivity contribution in [3.63, 3.8) is 0 Å². The van der Waals surface area contributed by atoms with E-state index in [1.807, 2.05) is 41.0 Å². The maximum atomic E-state index is 13.9. The minimum Gasteiger partial charge on any atom is -0.306 e. The number of hydrogen-bond donors (Lipinski definition) is 0. The number of pyridine rings is 2. The molecular weight excluding hydrogens is 368 g/mol. The van der Waals surface area contributed by atoms with Crippen LogP contribution in [0.25, 0.3) is 21.9 Å². The van der Waals surface area contributed by atoms with Crippen LogP contribution in [0.5, 0.6) is 0 Å². The fraction of sp³-hybridized carbons (Fsp3) is 0.259. The highest BCUT2D eigenvalue weighted by Gasteiger charge is 2.19. The second-order valence-electron chi connectivity index (χ2n) is 7.73. The second-order valence-corrected chi connectivity index (χ2v) is 7.73. The Labute approximate surface area is 178 Å². The van der Waals surface area contributed by atoms with Gasteiger partial charge in [0.05, 0.1) is 17.6 Å². The number of rotatable bonds is 7. The van der Waals surface area contributed by atoms with Gasteiger partial charge in [-0.1, -0.05) is 81.3 Å². The van der Waals surface area contributed by atoms with Crippen LogP contribution in [0, 0.1) is 0 Å². The summed E-state index contributed by atoms with van der Waals surface area (Å²) >= 11 is 0. The monoisotopic (exact) mass is 396 g/mol. The van der Waals surface area contributed by atoms with Crippen LogP contribution >= 0.6 is 0 Å². The van der Waals surface area contributed by atoms with Crippen molar-refractivity contribution < 1.29 is 0 Å². The Morgan fingerprint density at radius 1 is 0.833 bits per heavy atom. The SMILES string of the molecule is CCCc1c(CCC)n(Cc2ccccn2)c(=O)c2c(-c3ccccc3)cccc12. The molecule has 0 aliphatic carbocycles. The lowest BCUT2D eigenvalue weighted by Gasteiger charge is -2.21. The van der Waals surface area contributed by atoms with Gasteiger partial charge in [0.1, 0.15) is 0 Å². The van der Waals surface area contributed by atoms with E-state index in [2.05, 4.69) is 49.2 Å². The lowest BCUT2D eigenvalue weighted by atomic mass is 9.92. The maximum Gasteiger partial charge on any atom is 0.259 e. The summed E-state index contributed by atoms with van der Waals surface area (Å²) < 4.78 is 1.98. The largest absolute Gasteiger partial charge is 0.306 e. The average Bonchev–Trinajstić information content (AvgIpc) is 2.80. The second kappa shape index (κ2) is 9.08. The van der Waals surface area contributed by atoms with E-state index in [-0.39, 0.29) is 5.56 Å². The Balaban J connectivity index is 2.06. The van der Waals surface area contributed by atoms with Crippen molar-refractivity contribution in [1.82, 2.24) is 9.55 Å². The van der Waals surface area contributed by atoms with Crippen LogP contribution in [0.3, 0.4) is 0 Å². The molecule has 0 bridgehead atoms. The summed E-state index contributed by atoms with van der Waals surface area (Å²) in [6, 6.07) is 22.4. The third-order valence-electron chi connectivity index (χ3n) is 5.64. The van der Waals surface area contributed by atoms with Crippen LogP contribution in [0.15, 0.2) is 77.7 Å². The van der Waals surface area contributed by atoms with Crippen LogP contribution in [-0.2, 0) is 19.4 Å². The summed E-state index contributed by atoms with van der Waals surface area (Å²) in [5.74, 6) is 0. The molecule has 0 N–H and O–H groups in total. The predicted octanol–water partition coefficient (Wildman–Crippen LogP) is 6.02. The van der Waals surface area contributed by atoms with Gasteiger partial charge in [0, 0.05) is 11.9 Å². The molecule has 2 aromatic heterocycles. The fourth-order valence-corrected chi connectivity index (χ4v) is 4.34. The zero-order valence-electron chi connectivity index (χ0n) is 17.8. The molecule has 0 fully saturated rings. The Hall–Kier alpha value is -3.20. The standard InChI is InChI=1S/C27H28N2O/c1-3-11-23-24-17-10-16-22(20-13-6-5-7-14-20)26(24)27(30)29(25(23)12-4-2)19-21-15-8-9-18-28-21/h5-10,13-18H,3-4,11-12,19H2,1-2H3. The molecule has 0 atom stereocenters. The van der Waals surface area contributed by atoms with Crippen LogP contribution in [-0.4, -0.2) is 9.55 Å². The molecule has 0 amide bonds. The molecule has 4 rings (SSSR count). The van der Waals surface area contributed by atoms with Gasteiger partial charge in [0.25, 0.3) is 5.56 Å².